The lowest BCUT2D eigenvalue weighted by Crippen LogP contribution is -2.26. The van der Waals surface area contributed by atoms with Gasteiger partial charge in [-0.1, -0.05) is 6.92 Å². The summed E-state index contributed by atoms with van der Waals surface area (Å²) in [5, 5.41) is 2.94. The molecular weight excluding hydrogens is 168 g/mol. The van der Waals surface area contributed by atoms with Gasteiger partial charge in [0.25, 0.3) is 0 Å². The van der Waals surface area contributed by atoms with Gasteiger partial charge in [-0.15, -0.1) is 0 Å². The third-order valence-electron chi connectivity index (χ3n) is 1.48. The Balaban J connectivity index is 3.26. The summed E-state index contributed by atoms with van der Waals surface area (Å²) in [4.78, 5) is 14.7. The Kier molecular flexibility index (Phi) is 6.91. The van der Waals surface area contributed by atoms with Gasteiger partial charge in [0.05, 0.1) is 6.67 Å². The first kappa shape index (κ1) is 11.9. The molecule has 0 aliphatic heterocycles. The summed E-state index contributed by atoms with van der Waals surface area (Å²) in [5.74, 6) is 0.340. The molecule has 0 aromatic heterocycles. The molecule has 0 aliphatic rings. The lowest BCUT2D eigenvalue weighted by Gasteiger charge is -2.00. The predicted octanol–water partition coefficient (Wildman–Crippen LogP) is -0.434. The maximum atomic E-state index is 11.0. The normalized spacial score (nSPS) is 9.62. The van der Waals surface area contributed by atoms with E-state index < -0.39 is 0 Å². The highest BCUT2D eigenvalue weighted by Gasteiger charge is 1.97. The average Bonchev–Trinajstić information content (AvgIpc) is 2.03. The molecule has 0 amide bonds. The molecule has 0 spiro atoms. The summed E-state index contributed by atoms with van der Waals surface area (Å²) < 4.78 is 0. The fourth-order valence-corrected chi connectivity index (χ4v) is 0.858. The monoisotopic (exact) mass is 186 g/mol. The van der Waals surface area contributed by atoms with Crippen LogP contribution >= 0.6 is 0 Å². The summed E-state index contributed by atoms with van der Waals surface area (Å²) in [5.41, 5.74) is 10.2. The Hall–Kier alpha value is -1.10. The van der Waals surface area contributed by atoms with E-state index in [-0.39, 0.29) is 11.7 Å². The Labute approximate surface area is 78.6 Å². The molecule has 0 fully saturated rings. The molecule has 0 saturated carbocycles. The van der Waals surface area contributed by atoms with E-state index in [9.17, 15) is 4.79 Å². The molecule has 5 N–H and O–H groups in total. The molecule has 5 heteroatoms. The van der Waals surface area contributed by atoms with Crippen LogP contribution in [0.15, 0.2) is 4.99 Å². The van der Waals surface area contributed by atoms with E-state index in [1.165, 1.54) is 0 Å². The zero-order chi connectivity index (χ0) is 10.1. The first-order valence-electron chi connectivity index (χ1n) is 4.44. The summed E-state index contributed by atoms with van der Waals surface area (Å²) in [7, 11) is 0. The predicted molar refractivity (Wildman–Crippen MR) is 53.2 cm³/mol. The van der Waals surface area contributed by atoms with Crippen molar-refractivity contribution in [2.45, 2.75) is 26.2 Å². The minimum Gasteiger partial charge on any atom is -0.370 e. The second kappa shape index (κ2) is 7.54. The molecule has 5 nitrogen and oxygen atoms in total. The van der Waals surface area contributed by atoms with E-state index in [0.717, 1.165) is 6.42 Å². The maximum Gasteiger partial charge on any atom is 0.187 e. The highest BCUT2D eigenvalue weighted by atomic mass is 16.1. The zero-order valence-electron chi connectivity index (χ0n) is 8.05. The van der Waals surface area contributed by atoms with Gasteiger partial charge in [0, 0.05) is 19.4 Å². The van der Waals surface area contributed by atoms with Gasteiger partial charge in [-0.2, -0.15) is 0 Å². The van der Waals surface area contributed by atoms with Crippen LogP contribution in [0, 0.1) is 0 Å². The Morgan fingerprint density at radius 3 is 2.62 bits per heavy atom. The molecule has 13 heavy (non-hydrogen) atoms. The third kappa shape index (κ3) is 8.81. The number of nitrogens with zero attached hydrogens (tertiary/aromatic N) is 1. The Bertz CT molecular complexity index is 175. The van der Waals surface area contributed by atoms with E-state index >= 15 is 0 Å². The standard InChI is InChI=1S/C8H18N4O/c1-2-3-7(13)4-5-11-6-12-8(9)10/h11H,2-6H2,1H3,(H4,9,10,12). The van der Waals surface area contributed by atoms with Crippen LogP contribution in [0.2, 0.25) is 0 Å². The van der Waals surface area contributed by atoms with Crippen LogP contribution in [-0.4, -0.2) is 25.0 Å². The van der Waals surface area contributed by atoms with Crippen molar-refractivity contribution in [1.82, 2.24) is 5.32 Å². The van der Waals surface area contributed by atoms with Gasteiger partial charge in [0.1, 0.15) is 5.78 Å². The lowest BCUT2D eigenvalue weighted by atomic mass is 10.2. The van der Waals surface area contributed by atoms with E-state index in [0.29, 0.717) is 26.1 Å². The van der Waals surface area contributed by atoms with Gasteiger partial charge in [0.2, 0.25) is 0 Å². The van der Waals surface area contributed by atoms with Crippen LogP contribution < -0.4 is 16.8 Å². The van der Waals surface area contributed by atoms with Crippen LogP contribution in [0.25, 0.3) is 0 Å². The van der Waals surface area contributed by atoms with E-state index in [2.05, 4.69) is 10.3 Å². The number of nitrogens with one attached hydrogen (secondary N) is 1. The van der Waals surface area contributed by atoms with Crippen molar-refractivity contribution in [1.29, 1.82) is 0 Å². The second-order valence-electron chi connectivity index (χ2n) is 2.78. The van der Waals surface area contributed by atoms with Crippen molar-refractivity contribution in [3.63, 3.8) is 0 Å². The van der Waals surface area contributed by atoms with Crippen LogP contribution in [-0.2, 0) is 4.79 Å². The molecule has 0 heterocycles. The molecule has 0 radical (unpaired) electrons. The minimum atomic E-state index is 0.0624. The highest BCUT2D eigenvalue weighted by molar-refractivity contribution is 5.78. The van der Waals surface area contributed by atoms with E-state index in [1.54, 1.807) is 0 Å². The minimum absolute atomic E-state index is 0.0624. The second-order valence-corrected chi connectivity index (χ2v) is 2.78. The Morgan fingerprint density at radius 1 is 1.38 bits per heavy atom. The number of carbonyl (C=O) groups excluding carboxylic acids is 1. The zero-order valence-corrected chi connectivity index (χ0v) is 8.05. The first-order chi connectivity index (χ1) is 6.16. The molecule has 0 saturated heterocycles. The van der Waals surface area contributed by atoms with Gasteiger partial charge in [-0.05, 0) is 6.42 Å². The van der Waals surface area contributed by atoms with E-state index in [1.807, 2.05) is 6.92 Å². The number of guanidine groups is 1. The summed E-state index contributed by atoms with van der Waals surface area (Å²) in [6.45, 7) is 3.00. The van der Waals surface area contributed by atoms with Gasteiger partial charge in [-0.25, -0.2) is 4.99 Å². The molecule has 0 atom stereocenters. The van der Waals surface area contributed by atoms with Crippen LogP contribution in [0.5, 0.6) is 0 Å². The fourth-order valence-electron chi connectivity index (χ4n) is 0.858. The summed E-state index contributed by atoms with van der Waals surface area (Å²) >= 11 is 0. The van der Waals surface area contributed by atoms with Crippen molar-refractivity contribution in [3.8, 4) is 0 Å². The largest absolute Gasteiger partial charge is 0.370 e. The molecule has 0 rings (SSSR count). The van der Waals surface area contributed by atoms with Crippen LogP contribution in [0.1, 0.15) is 26.2 Å². The number of rotatable bonds is 7. The van der Waals surface area contributed by atoms with Gasteiger partial charge in [0.15, 0.2) is 5.96 Å². The molecular formula is C8H18N4O. The molecule has 0 aromatic rings. The van der Waals surface area contributed by atoms with Gasteiger partial charge < -0.3 is 11.5 Å². The molecule has 0 aliphatic carbocycles. The van der Waals surface area contributed by atoms with Crippen LogP contribution in [0.4, 0.5) is 0 Å². The van der Waals surface area contributed by atoms with Crippen molar-refractivity contribution in [2.75, 3.05) is 13.2 Å². The summed E-state index contributed by atoms with van der Waals surface area (Å²) in [6.07, 6.45) is 2.12. The number of hydrogen-bond donors (Lipinski definition) is 3. The summed E-state index contributed by atoms with van der Waals surface area (Å²) in [6, 6.07) is 0. The lowest BCUT2D eigenvalue weighted by molar-refractivity contribution is -0.119. The first-order valence-corrected chi connectivity index (χ1v) is 4.44. The molecule has 0 aromatic carbocycles. The number of hydrogen-bond acceptors (Lipinski definition) is 3. The number of aliphatic imine (C=N–C) groups is 1. The van der Waals surface area contributed by atoms with Crippen LogP contribution in [0.3, 0.4) is 0 Å². The number of ketones is 1. The van der Waals surface area contributed by atoms with Crippen molar-refractivity contribution in [2.24, 2.45) is 16.5 Å². The number of nitrogens with two attached hydrogens (primary N) is 2. The molecule has 0 bridgehead atoms. The van der Waals surface area contributed by atoms with E-state index in [4.69, 9.17) is 11.5 Å². The highest BCUT2D eigenvalue weighted by Crippen LogP contribution is 1.92. The SMILES string of the molecule is CCCC(=O)CCNCN=C(N)N. The maximum absolute atomic E-state index is 11.0. The topological polar surface area (TPSA) is 93.5 Å². The smallest absolute Gasteiger partial charge is 0.187 e. The van der Waals surface area contributed by atoms with Crippen molar-refractivity contribution < 1.29 is 4.79 Å². The molecule has 0 unspecified atom stereocenters. The number of carbonyl (C=O) groups is 1. The quantitative estimate of drug-likeness (QED) is 0.285. The molecule has 76 valence electrons. The third-order valence-corrected chi connectivity index (χ3v) is 1.48. The average molecular weight is 186 g/mol. The Morgan fingerprint density at radius 2 is 2.08 bits per heavy atom. The van der Waals surface area contributed by atoms with Crippen molar-refractivity contribution in [3.05, 3.63) is 0 Å². The van der Waals surface area contributed by atoms with Gasteiger partial charge >= 0.3 is 0 Å². The van der Waals surface area contributed by atoms with Crippen molar-refractivity contribution >= 4 is 11.7 Å². The van der Waals surface area contributed by atoms with Gasteiger partial charge in [-0.3, -0.25) is 10.1 Å². The number of Topliss-reactive ketones (excluding diaryl/α,β-unsaturated/α-hetero) is 1. The fraction of sp³-hybridized carbons (Fsp3) is 0.750.